The highest BCUT2D eigenvalue weighted by Gasteiger charge is 2.44. The Morgan fingerprint density at radius 2 is 0.924 bits per heavy atom. The van der Waals surface area contributed by atoms with Crippen LogP contribution in [0.3, 0.4) is 0 Å². The highest BCUT2D eigenvalue weighted by atomic mass is 16.2. The van der Waals surface area contributed by atoms with E-state index in [1.165, 1.54) is 0 Å². The van der Waals surface area contributed by atoms with Crippen LogP contribution in [-0.4, -0.2) is 44.0 Å². The van der Waals surface area contributed by atoms with Gasteiger partial charge < -0.3 is 19.8 Å². The zero-order valence-electron chi connectivity index (χ0n) is 37.7. The van der Waals surface area contributed by atoms with Crippen LogP contribution in [0.5, 0.6) is 0 Å². The maximum atomic E-state index is 13.4. The van der Waals surface area contributed by atoms with Gasteiger partial charge in [0.05, 0.1) is 24.0 Å². The SMILES string of the molecule is CCNC(=O)C1CCc2c(ncn2C(c2ccccc2)(c2ccccc2)c2ccc(-c3cccc(C(c4ccccc4)(c4ccccc4)n4cnc5c4CC(C(=O)NCC)CC5)c3)cc2)C1. The minimum Gasteiger partial charge on any atom is -0.356 e. The summed E-state index contributed by atoms with van der Waals surface area (Å²) in [5, 5.41) is 6.14. The van der Waals surface area contributed by atoms with Crippen molar-refractivity contribution in [3.8, 4) is 11.1 Å². The molecule has 2 amide bonds. The Labute approximate surface area is 387 Å². The summed E-state index contributed by atoms with van der Waals surface area (Å²) in [6, 6.07) is 61.0. The number of carbonyl (C=O) groups is 2. The van der Waals surface area contributed by atoms with E-state index in [1.54, 1.807) is 0 Å². The molecule has 8 nitrogen and oxygen atoms in total. The Bertz CT molecular complexity index is 2860. The molecule has 8 aromatic rings. The summed E-state index contributed by atoms with van der Waals surface area (Å²) >= 11 is 0. The summed E-state index contributed by atoms with van der Waals surface area (Å²) in [5.74, 6) is -0.00976. The Balaban J connectivity index is 1.12. The summed E-state index contributed by atoms with van der Waals surface area (Å²) < 4.78 is 4.74. The fourth-order valence-electron chi connectivity index (χ4n) is 11.0. The minimum absolute atomic E-state index is 0.0929. The number of carbonyl (C=O) groups excluding carboxylic acids is 2. The van der Waals surface area contributed by atoms with Crippen LogP contribution in [0.25, 0.3) is 11.1 Å². The monoisotopic (exact) mass is 868 g/mol. The van der Waals surface area contributed by atoms with Crippen LogP contribution >= 0.6 is 0 Å². The molecule has 0 aliphatic heterocycles. The third kappa shape index (κ3) is 7.34. The number of hydrogen-bond acceptors (Lipinski definition) is 4. The van der Waals surface area contributed by atoms with Crippen molar-refractivity contribution in [3.63, 3.8) is 0 Å². The maximum absolute atomic E-state index is 13.4. The van der Waals surface area contributed by atoms with Crippen molar-refractivity contribution in [3.05, 3.63) is 239 Å². The zero-order valence-corrected chi connectivity index (χ0v) is 37.7. The van der Waals surface area contributed by atoms with E-state index in [0.29, 0.717) is 25.9 Å². The molecule has 0 fully saturated rings. The summed E-state index contributed by atoms with van der Waals surface area (Å²) in [5.41, 5.74) is 11.6. The second-order valence-corrected chi connectivity index (χ2v) is 17.7. The molecule has 2 N–H and O–H groups in total. The van der Waals surface area contributed by atoms with Gasteiger partial charge in [-0.3, -0.25) is 9.59 Å². The highest BCUT2D eigenvalue weighted by Crippen LogP contribution is 2.46. The van der Waals surface area contributed by atoms with Crippen LogP contribution in [0, 0.1) is 11.8 Å². The predicted molar refractivity (Wildman–Crippen MR) is 261 cm³/mol. The molecule has 0 saturated heterocycles. The largest absolute Gasteiger partial charge is 0.356 e. The molecule has 2 aromatic heterocycles. The number of benzene rings is 6. The number of nitrogens with zero attached hydrogens (tertiary/aromatic N) is 4. The van der Waals surface area contributed by atoms with Crippen LogP contribution in [0.4, 0.5) is 0 Å². The van der Waals surface area contributed by atoms with E-state index >= 15 is 0 Å². The molecule has 330 valence electrons. The Morgan fingerprint density at radius 3 is 1.45 bits per heavy atom. The quantitative estimate of drug-likeness (QED) is 0.113. The fourth-order valence-corrected chi connectivity index (χ4v) is 11.0. The third-order valence-corrected chi connectivity index (χ3v) is 14.1. The van der Waals surface area contributed by atoms with Crippen molar-refractivity contribution in [2.45, 2.75) is 63.5 Å². The number of aromatic nitrogens is 4. The molecule has 8 heteroatoms. The minimum atomic E-state index is -0.797. The van der Waals surface area contributed by atoms with Crippen molar-refractivity contribution in [1.82, 2.24) is 29.7 Å². The number of nitrogens with one attached hydrogen (secondary N) is 2. The lowest BCUT2D eigenvalue weighted by Gasteiger charge is -2.40. The van der Waals surface area contributed by atoms with Gasteiger partial charge in [0.25, 0.3) is 0 Å². The average molecular weight is 869 g/mol. The first-order valence-corrected chi connectivity index (χ1v) is 23.6. The van der Waals surface area contributed by atoms with Gasteiger partial charge in [-0.1, -0.05) is 164 Å². The van der Waals surface area contributed by atoms with Crippen molar-refractivity contribution in [2.24, 2.45) is 11.8 Å². The first kappa shape index (κ1) is 42.6. The molecule has 2 aliphatic rings. The molecule has 0 saturated carbocycles. The summed E-state index contributed by atoms with van der Waals surface area (Å²) in [6.45, 7) is 5.18. The molecule has 0 bridgehead atoms. The summed E-state index contributed by atoms with van der Waals surface area (Å²) in [4.78, 5) is 36.6. The van der Waals surface area contributed by atoms with Gasteiger partial charge in [-0.2, -0.15) is 0 Å². The third-order valence-electron chi connectivity index (χ3n) is 14.1. The number of rotatable bonds is 13. The van der Waals surface area contributed by atoms with Gasteiger partial charge in [0, 0.05) is 49.2 Å². The van der Waals surface area contributed by atoms with Gasteiger partial charge in [0.1, 0.15) is 11.1 Å². The molecule has 2 heterocycles. The van der Waals surface area contributed by atoms with E-state index in [0.717, 1.165) is 93.0 Å². The fraction of sp³-hybridized carbons (Fsp3) is 0.241. The molecule has 2 unspecified atom stereocenters. The van der Waals surface area contributed by atoms with Crippen molar-refractivity contribution >= 4 is 11.8 Å². The van der Waals surface area contributed by atoms with Crippen molar-refractivity contribution < 1.29 is 9.59 Å². The molecule has 6 aromatic carbocycles. The van der Waals surface area contributed by atoms with E-state index < -0.39 is 11.1 Å². The van der Waals surface area contributed by atoms with Gasteiger partial charge >= 0.3 is 0 Å². The second kappa shape index (κ2) is 18.3. The van der Waals surface area contributed by atoms with Gasteiger partial charge in [-0.05, 0) is 90.1 Å². The van der Waals surface area contributed by atoms with Gasteiger partial charge in [-0.15, -0.1) is 0 Å². The van der Waals surface area contributed by atoms with E-state index in [9.17, 15) is 9.59 Å². The average Bonchev–Trinajstić information content (AvgIpc) is 4.01. The molecule has 2 aliphatic carbocycles. The van der Waals surface area contributed by atoms with Gasteiger partial charge in [0.15, 0.2) is 0 Å². The van der Waals surface area contributed by atoms with E-state index in [1.807, 2.05) is 26.5 Å². The second-order valence-electron chi connectivity index (χ2n) is 17.7. The summed E-state index contributed by atoms with van der Waals surface area (Å²) in [6.07, 6.45) is 8.29. The number of aryl methyl sites for hydroxylation is 1. The first-order valence-electron chi connectivity index (χ1n) is 23.6. The zero-order chi connectivity index (χ0) is 45.1. The lowest BCUT2D eigenvalue weighted by molar-refractivity contribution is -0.126. The van der Waals surface area contributed by atoms with Crippen molar-refractivity contribution in [2.75, 3.05) is 13.1 Å². The number of amides is 2. The summed E-state index contributed by atoms with van der Waals surface area (Å²) in [7, 11) is 0. The molecule has 0 spiro atoms. The Hall–Kier alpha value is -7.32. The van der Waals surface area contributed by atoms with E-state index in [-0.39, 0.29) is 23.7 Å². The predicted octanol–water partition coefficient (Wildman–Crippen LogP) is 9.91. The van der Waals surface area contributed by atoms with Crippen LogP contribution in [0.1, 0.15) is 82.8 Å². The van der Waals surface area contributed by atoms with E-state index in [4.69, 9.17) is 9.97 Å². The molecular formula is C58H56N6O2. The maximum Gasteiger partial charge on any atom is 0.223 e. The molecular weight excluding hydrogens is 813 g/mol. The van der Waals surface area contributed by atoms with E-state index in [2.05, 4.69) is 190 Å². The van der Waals surface area contributed by atoms with Gasteiger partial charge in [-0.25, -0.2) is 9.97 Å². The lowest BCUT2D eigenvalue weighted by Crippen LogP contribution is -2.40. The molecule has 66 heavy (non-hydrogen) atoms. The lowest BCUT2D eigenvalue weighted by atomic mass is 9.74. The number of hydrogen-bond donors (Lipinski definition) is 2. The highest BCUT2D eigenvalue weighted by molar-refractivity contribution is 5.80. The molecule has 2 atom stereocenters. The number of fused-ring (bicyclic) bond motifs is 2. The number of imidazole rings is 2. The van der Waals surface area contributed by atoms with Gasteiger partial charge in [0.2, 0.25) is 11.8 Å². The Morgan fingerprint density at radius 1 is 0.485 bits per heavy atom. The molecule has 0 radical (unpaired) electrons. The van der Waals surface area contributed by atoms with Crippen LogP contribution in [0.2, 0.25) is 0 Å². The standard InChI is InChI=1S/C58H56N6O2/c1-3-59-55(65)43-31-35-53-52(37-43)62-40-63(53)57(45-19-9-5-10-20-45,46-21-11-6-12-22-46)49-32-28-41(29-33-49)42-18-17-27-50(36-42)58(47-23-13-7-14-24-47,48-25-15-8-16-26-48)64-39-61-51-34-30-44(38-54(51)64)56(66)60-4-2/h5-29,32-33,36,39-40,43-44H,3-4,30-31,34-35,37-38H2,1-2H3,(H,59,65)(H,60,66). The van der Waals surface area contributed by atoms with Crippen LogP contribution < -0.4 is 10.6 Å². The first-order chi connectivity index (χ1) is 32.5. The van der Waals surface area contributed by atoms with Crippen LogP contribution in [-0.2, 0) is 46.4 Å². The smallest absolute Gasteiger partial charge is 0.223 e. The normalized spacial score (nSPS) is 15.9. The Kier molecular flexibility index (Phi) is 11.8. The van der Waals surface area contributed by atoms with Crippen LogP contribution in [0.15, 0.2) is 183 Å². The topological polar surface area (TPSA) is 93.8 Å². The van der Waals surface area contributed by atoms with Crippen molar-refractivity contribution in [1.29, 1.82) is 0 Å². The molecule has 10 rings (SSSR count).